The van der Waals surface area contributed by atoms with Gasteiger partial charge in [-0.05, 0) is 13.8 Å². The summed E-state index contributed by atoms with van der Waals surface area (Å²) in [5.74, 6) is -0.553. The Hall–Kier alpha value is -1.84. The van der Waals surface area contributed by atoms with Crippen LogP contribution in [0.1, 0.15) is 31.5 Å². The molecule has 0 fully saturated rings. The van der Waals surface area contributed by atoms with Crippen LogP contribution in [0.5, 0.6) is 0 Å². The summed E-state index contributed by atoms with van der Waals surface area (Å²) in [6.07, 6.45) is -6.09. The van der Waals surface area contributed by atoms with Crippen LogP contribution in [0.3, 0.4) is 0 Å². The average molecular weight is 294 g/mol. The third kappa shape index (κ3) is 2.09. The number of rotatable bonds is 1. The average Bonchev–Trinajstić information content (AvgIpc) is 2.71. The van der Waals surface area contributed by atoms with Crippen LogP contribution in [0.25, 0.3) is 0 Å². The zero-order valence-corrected chi connectivity index (χ0v) is 10.7. The van der Waals surface area contributed by atoms with Crippen molar-refractivity contribution in [1.29, 1.82) is 0 Å². The summed E-state index contributed by atoms with van der Waals surface area (Å²) in [6.45, 7) is 1.97. The van der Waals surface area contributed by atoms with Crippen molar-refractivity contribution in [2.75, 3.05) is 6.54 Å². The summed E-state index contributed by atoms with van der Waals surface area (Å²) in [5.41, 5.74) is -3.14. The number of halogens is 3. The summed E-state index contributed by atoms with van der Waals surface area (Å²) >= 11 is 0. The molecule has 0 radical (unpaired) electrons. The van der Waals surface area contributed by atoms with Crippen molar-refractivity contribution in [2.45, 2.75) is 38.2 Å². The maximum atomic E-state index is 12.9. The molecular formula is C10H13F3N4O3. The third-order valence-corrected chi connectivity index (χ3v) is 3.28. The molecule has 0 unspecified atom stereocenters. The van der Waals surface area contributed by atoms with Gasteiger partial charge in [-0.1, -0.05) is 0 Å². The molecule has 0 saturated carbocycles. The summed E-state index contributed by atoms with van der Waals surface area (Å²) in [5, 5.41) is 25.6. The molecule has 2 rings (SSSR count). The van der Waals surface area contributed by atoms with Gasteiger partial charge in [0.15, 0.2) is 11.6 Å². The predicted octanol–water partition coefficient (Wildman–Crippen LogP) is 1.10. The topological polar surface area (TPSA) is 91.5 Å². The van der Waals surface area contributed by atoms with E-state index in [1.165, 1.54) is 6.92 Å². The quantitative estimate of drug-likeness (QED) is 0.809. The number of alkyl halides is 3. The first-order valence-corrected chi connectivity index (χ1v) is 5.77. The van der Waals surface area contributed by atoms with E-state index in [1.807, 2.05) is 0 Å². The molecule has 0 saturated heterocycles. The second-order valence-corrected chi connectivity index (χ2v) is 4.89. The monoisotopic (exact) mass is 294 g/mol. The Morgan fingerprint density at radius 1 is 1.40 bits per heavy atom. The Morgan fingerprint density at radius 2 is 2.00 bits per heavy atom. The molecule has 20 heavy (non-hydrogen) atoms. The van der Waals surface area contributed by atoms with Crippen LogP contribution in [0.2, 0.25) is 0 Å². The van der Waals surface area contributed by atoms with Gasteiger partial charge in [0.05, 0.1) is 12.6 Å². The molecule has 7 nitrogen and oxygen atoms in total. The first-order chi connectivity index (χ1) is 9.05. The van der Waals surface area contributed by atoms with Crippen molar-refractivity contribution < 1.29 is 28.2 Å². The fraction of sp³-hybridized carbons (Fsp3) is 0.700. The first-order valence-electron chi connectivity index (χ1n) is 5.77. The number of hydrogen-bond donors (Lipinski definition) is 2. The van der Waals surface area contributed by atoms with Gasteiger partial charge in [-0.3, -0.25) is 4.90 Å². The van der Waals surface area contributed by atoms with Crippen LogP contribution in [-0.4, -0.2) is 48.7 Å². The highest BCUT2D eigenvalue weighted by molar-refractivity contribution is 5.65. The molecule has 112 valence electrons. The zero-order chi connectivity index (χ0) is 15.3. The number of carboxylic acid groups (broad SMARTS) is 1. The third-order valence-electron chi connectivity index (χ3n) is 3.28. The molecule has 0 aromatic carbocycles. The van der Waals surface area contributed by atoms with Crippen molar-refractivity contribution in [2.24, 2.45) is 0 Å². The molecule has 1 aromatic rings. The lowest BCUT2D eigenvalue weighted by molar-refractivity contribution is -0.263. The molecule has 10 heteroatoms. The van der Waals surface area contributed by atoms with Crippen molar-refractivity contribution in [3.05, 3.63) is 11.6 Å². The number of hydrogen-bond acceptors (Lipinski definition) is 4. The fourth-order valence-corrected chi connectivity index (χ4v) is 2.13. The van der Waals surface area contributed by atoms with Gasteiger partial charge in [-0.25, -0.2) is 4.79 Å². The van der Waals surface area contributed by atoms with Crippen molar-refractivity contribution in [1.82, 2.24) is 19.7 Å². The van der Waals surface area contributed by atoms with Crippen molar-refractivity contribution >= 4 is 6.09 Å². The smallest absolute Gasteiger partial charge is 0.424 e. The van der Waals surface area contributed by atoms with Gasteiger partial charge in [0.1, 0.15) is 0 Å². The number of aliphatic hydroxyl groups is 1. The van der Waals surface area contributed by atoms with Crippen LogP contribution in [-0.2, 0) is 12.1 Å². The molecule has 1 aliphatic heterocycles. The molecule has 1 aliphatic rings. The Morgan fingerprint density at radius 3 is 2.50 bits per heavy atom. The number of amides is 1. The van der Waals surface area contributed by atoms with Gasteiger partial charge in [0.25, 0.3) is 0 Å². The van der Waals surface area contributed by atoms with Gasteiger partial charge >= 0.3 is 12.3 Å². The molecule has 2 heterocycles. The minimum absolute atomic E-state index is 0.00130. The molecule has 0 aliphatic carbocycles. The Balaban J connectivity index is 2.46. The second kappa shape index (κ2) is 4.33. The van der Waals surface area contributed by atoms with E-state index >= 15 is 0 Å². The van der Waals surface area contributed by atoms with E-state index in [2.05, 4.69) is 10.2 Å². The van der Waals surface area contributed by atoms with Crippen LogP contribution in [0, 0.1) is 0 Å². The summed E-state index contributed by atoms with van der Waals surface area (Å²) in [6, 6.07) is -0.603. The maximum absolute atomic E-state index is 12.9. The van der Waals surface area contributed by atoms with E-state index in [0.29, 0.717) is 6.92 Å². The fourth-order valence-electron chi connectivity index (χ4n) is 2.13. The van der Waals surface area contributed by atoms with E-state index < -0.39 is 29.7 Å². The van der Waals surface area contributed by atoms with E-state index in [-0.39, 0.29) is 18.9 Å². The highest BCUT2D eigenvalue weighted by atomic mass is 19.4. The van der Waals surface area contributed by atoms with Gasteiger partial charge in [-0.2, -0.15) is 13.2 Å². The van der Waals surface area contributed by atoms with Gasteiger partial charge < -0.3 is 14.8 Å². The normalized spacial score (nSPS) is 22.3. The number of aromatic nitrogens is 3. The first kappa shape index (κ1) is 14.6. The second-order valence-electron chi connectivity index (χ2n) is 4.89. The summed E-state index contributed by atoms with van der Waals surface area (Å²) in [7, 11) is 0. The molecular weight excluding hydrogens is 281 g/mol. The van der Waals surface area contributed by atoms with Crippen molar-refractivity contribution in [3.63, 3.8) is 0 Å². The lowest BCUT2D eigenvalue weighted by atomic mass is 10.0. The van der Waals surface area contributed by atoms with E-state index in [4.69, 9.17) is 5.11 Å². The lowest BCUT2D eigenvalue weighted by Crippen LogP contribution is -2.45. The molecule has 2 atom stereocenters. The number of carbonyl (C=O) groups is 1. The van der Waals surface area contributed by atoms with Gasteiger partial charge in [0, 0.05) is 6.54 Å². The molecule has 0 spiro atoms. The van der Waals surface area contributed by atoms with Gasteiger partial charge in [-0.15, -0.1) is 10.2 Å². The molecule has 0 bridgehead atoms. The zero-order valence-electron chi connectivity index (χ0n) is 10.7. The minimum Gasteiger partial charge on any atom is -0.465 e. The van der Waals surface area contributed by atoms with E-state index in [9.17, 15) is 23.1 Å². The Kier molecular flexibility index (Phi) is 3.16. The van der Waals surface area contributed by atoms with Crippen LogP contribution in [0.15, 0.2) is 0 Å². The lowest BCUT2D eigenvalue weighted by Gasteiger charge is -2.33. The Bertz CT molecular complexity index is 540. The highest BCUT2D eigenvalue weighted by Gasteiger charge is 2.55. The van der Waals surface area contributed by atoms with E-state index in [0.717, 1.165) is 9.47 Å². The molecule has 1 aromatic heterocycles. The van der Waals surface area contributed by atoms with Crippen LogP contribution >= 0.6 is 0 Å². The van der Waals surface area contributed by atoms with Crippen LogP contribution in [0.4, 0.5) is 18.0 Å². The standard InChI is InChI=1S/C10H13F3N4O3/c1-5-3-16(8(18)19)4-6-14-15-7(17(5)6)9(2,20)10(11,12)13/h5,20H,3-4H2,1-2H3,(H,18,19)/t5-,9+/m0/s1. The minimum atomic E-state index is -4.90. The van der Waals surface area contributed by atoms with Crippen LogP contribution < -0.4 is 0 Å². The number of nitrogens with zero attached hydrogens (tertiary/aromatic N) is 4. The number of fused-ring (bicyclic) bond motifs is 1. The maximum Gasteiger partial charge on any atom is 0.424 e. The van der Waals surface area contributed by atoms with E-state index in [1.54, 1.807) is 0 Å². The largest absolute Gasteiger partial charge is 0.465 e. The SMILES string of the molecule is C[C@H]1CN(C(=O)O)Cc2nnc([C@@](C)(O)C(F)(F)F)n21. The van der Waals surface area contributed by atoms with Gasteiger partial charge in [0.2, 0.25) is 5.60 Å². The predicted molar refractivity (Wildman–Crippen MR) is 58.8 cm³/mol. The molecule has 1 amide bonds. The molecule has 2 N–H and O–H groups in total. The Labute approximate surface area is 111 Å². The highest BCUT2D eigenvalue weighted by Crippen LogP contribution is 2.39. The van der Waals surface area contributed by atoms with Crippen molar-refractivity contribution in [3.8, 4) is 0 Å². The summed E-state index contributed by atoms with van der Waals surface area (Å²) in [4.78, 5) is 11.9. The summed E-state index contributed by atoms with van der Waals surface area (Å²) < 4.78 is 39.7.